The number of nitrogens with one attached hydrogen (secondary N) is 2. The number of benzene rings is 2. The number of anilines is 4. The molecule has 0 radical (unpaired) electrons. The summed E-state index contributed by atoms with van der Waals surface area (Å²) in [6.07, 6.45) is -4.03. The van der Waals surface area contributed by atoms with Gasteiger partial charge in [0, 0.05) is 11.9 Å². The number of para-hydroxylation sites is 2. The minimum atomic E-state index is -4.68. The van der Waals surface area contributed by atoms with Crippen LogP contribution in [0.1, 0.15) is 5.56 Å². The fourth-order valence-electron chi connectivity index (χ4n) is 2.09. The van der Waals surface area contributed by atoms with Crippen LogP contribution in [0.2, 0.25) is 0 Å². The standard InChI is InChI=1S/C17H12F4N4/c18-13-8-4-5-9-14(13)24-15-12(17(19,20)21)10-22-16(25-15)23-11-6-2-1-3-7-11/h1-10H,(H2,22,23,24,25). The molecule has 0 atom stereocenters. The Morgan fingerprint density at radius 1 is 0.840 bits per heavy atom. The molecule has 25 heavy (non-hydrogen) atoms. The number of aromatic nitrogens is 2. The summed E-state index contributed by atoms with van der Waals surface area (Å²) >= 11 is 0. The number of nitrogens with zero attached hydrogens (tertiary/aromatic N) is 2. The van der Waals surface area contributed by atoms with Crippen molar-refractivity contribution in [3.8, 4) is 0 Å². The molecule has 0 fully saturated rings. The second-order valence-corrected chi connectivity index (χ2v) is 5.05. The van der Waals surface area contributed by atoms with Crippen molar-refractivity contribution in [2.75, 3.05) is 10.6 Å². The van der Waals surface area contributed by atoms with Gasteiger partial charge in [-0.15, -0.1) is 0 Å². The average Bonchev–Trinajstić information content (AvgIpc) is 2.57. The Morgan fingerprint density at radius 3 is 2.20 bits per heavy atom. The summed E-state index contributed by atoms with van der Waals surface area (Å²) in [5.74, 6) is -1.27. The third-order valence-corrected chi connectivity index (χ3v) is 3.25. The molecule has 0 bridgehead atoms. The number of alkyl halides is 3. The molecule has 0 aliphatic heterocycles. The van der Waals surface area contributed by atoms with Gasteiger partial charge in [0.1, 0.15) is 17.2 Å². The van der Waals surface area contributed by atoms with Gasteiger partial charge in [0.15, 0.2) is 0 Å². The molecule has 0 saturated heterocycles. The van der Waals surface area contributed by atoms with Crippen molar-refractivity contribution in [3.05, 3.63) is 72.2 Å². The summed E-state index contributed by atoms with van der Waals surface area (Å²) in [7, 11) is 0. The Hall–Kier alpha value is -3.16. The second kappa shape index (κ2) is 6.76. The van der Waals surface area contributed by atoms with Gasteiger partial charge in [0.05, 0.1) is 5.69 Å². The fraction of sp³-hybridized carbons (Fsp3) is 0.0588. The molecule has 0 aliphatic carbocycles. The monoisotopic (exact) mass is 348 g/mol. The molecule has 8 heteroatoms. The zero-order valence-electron chi connectivity index (χ0n) is 12.7. The van der Waals surface area contributed by atoms with E-state index in [0.717, 1.165) is 6.07 Å². The first-order chi connectivity index (χ1) is 11.9. The smallest absolute Gasteiger partial charge is 0.337 e. The largest absolute Gasteiger partial charge is 0.421 e. The van der Waals surface area contributed by atoms with Crippen molar-refractivity contribution in [1.82, 2.24) is 9.97 Å². The van der Waals surface area contributed by atoms with Gasteiger partial charge < -0.3 is 10.6 Å². The molecular formula is C17H12F4N4. The maximum atomic E-state index is 13.7. The SMILES string of the molecule is Fc1ccccc1Nc1nc(Nc2ccccc2)ncc1C(F)(F)F. The summed E-state index contributed by atoms with van der Waals surface area (Å²) < 4.78 is 53.3. The Labute approximate surface area is 140 Å². The Kier molecular flexibility index (Phi) is 4.51. The van der Waals surface area contributed by atoms with E-state index >= 15 is 0 Å². The van der Waals surface area contributed by atoms with Crippen molar-refractivity contribution in [2.24, 2.45) is 0 Å². The normalized spacial score (nSPS) is 11.2. The van der Waals surface area contributed by atoms with Gasteiger partial charge in [0.2, 0.25) is 5.95 Å². The summed E-state index contributed by atoms with van der Waals surface area (Å²) in [5, 5.41) is 5.19. The topological polar surface area (TPSA) is 49.8 Å². The van der Waals surface area contributed by atoms with Crippen LogP contribution in [0.25, 0.3) is 0 Å². The van der Waals surface area contributed by atoms with Crippen LogP contribution in [-0.4, -0.2) is 9.97 Å². The van der Waals surface area contributed by atoms with E-state index in [1.54, 1.807) is 30.3 Å². The number of hydrogen-bond donors (Lipinski definition) is 2. The van der Waals surface area contributed by atoms with Crippen molar-refractivity contribution in [1.29, 1.82) is 0 Å². The maximum Gasteiger partial charge on any atom is 0.421 e. The van der Waals surface area contributed by atoms with Crippen LogP contribution < -0.4 is 10.6 Å². The van der Waals surface area contributed by atoms with Crippen molar-refractivity contribution < 1.29 is 17.6 Å². The highest BCUT2D eigenvalue weighted by molar-refractivity contribution is 5.63. The molecule has 2 aromatic carbocycles. The van der Waals surface area contributed by atoms with Crippen LogP contribution in [0, 0.1) is 5.82 Å². The first-order valence-electron chi connectivity index (χ1n) is 7.21. The lowest BCUT2D eigenvalue weighted by Crippen LogP contribution is -2.13. The molecule has 1 heterocycles. The van der Waals surface area contributed by atoms with Gasteiger partial charge in [0.25, 0.3) is 0 Å². The van der Waals surface area contributed by atoms with Crippen LogP contribution in [0.15, 0.2) is 60.8 Å². The van der Waals surface area contributed by atoms with Gasteiger partial charge >= 0.3 is 6.18 Å². The van der Waals surface area contributed by atoms with E-state index in [2.05, 4.69) is 20.6 Å². The summed E-state index contributed by atoms with van der Waals surface area (Å²) in [6, 6.07) is 14.1. The average molecular weight is 348 g/mol. The van der Waals surface area contributed by atoms with Crippen molar-refractivity contribution in [2.45, 2.75) is 6.18 Å². The van der Waals surface area contributed by atoms with Crippen LogP contribution in [0.4, 0.5) is 40.7 Å². The van der Waals surface area contributed by atoms with E-state index in [-0.39, 0.29) is 11.6 Å². The predicted octanol–water partition coefficient (Wildman–Crippen LogP) is 5.12. The third kappa shape index (κ3) is 4.03. The molecule has 4 nitrogen and oxygen atoms in total. The second-order valence-electron chi connectivity index (χ2n) is 5.05. The van der Waals surface area contributed by atoms with E-state index in [0.29, 0.717) is 11.9 Å². The molecular weight excluding hydrogens is 336 g/mol. The predicted molar refractivity (Wildman–Crippen MR) is 86.4 cm³/mol. The quantitative estimate of drug-likeness (QED) is 0.643. The highest BCUT2D eigenvalue weighted by Gasteiger charge is 2.35. The van der Waals surface area contributed by atoms with E-state index in [9.17, 15) is 17.6 Å². The lowest BCUT2D eigenvalue weighted by molar-refractivity contribution is -0.137. The van der Waals surface area contributed by atoms with Crippen molar-refractivity contribution >= 4 is 23.1 Å². The highest BCUT2D eigenvalue weighted by atomic mass is 19.4. The first-order valence-corrected chi connectivity index (χ1v) is 7.21. The lowest BCUT2D eigenvalue weighted by Gasteiger charge is -2.15. The molecule has 1 aromatic heterocycles. The van der Waals surface area contributed by atoms with E-state index < -0.39 is 23.4 Å². The zero-order valence-corrected chi connectivity index (χ0v) is 12.7. The van der Waals surface area contributed by atoms with Crippen molar-refractivity contribution in [3.63, 3.8) is 0 Å². The lowest BCUT2D eigenvalue weighted by atomic mass is 10.2. The molecule has 0 spiro atoms. The molecule has 0 unspecified atom stereocenters. The molecule has 128 valence electrons. The Morgan fingerprint density at radius 2 is 1.52 bits per heavy atom. The number of hydrogen-bond acceptors (Lipinski definition) is 4. The fourth-order valence-corrected chi connectivity index (χ4v) is 2.09. The maximum absolute atomic E-state index is 13.7. The summed E-state index contributed by atoms with van der Waals surface area (Å²) in [4.78, 5) is 7.54. The minimum absolute atomic E-state index is 0.0435. The minimum Gasteiger partial charge on any atom is -0.337 e. The van der Waals surface area contributed by atoms with E-state index in [1.807, 2.05) is 0 Å². The Balaban J connectivity index is 1.97. The Bertz CT molecular complexity index is 866. The zero-order chi connectivity index (χ0) is 17.9. The van der Waals surface area contributed by atoms with Gasteiger partial charge in [-0.2, -0.15) is 18.2 Å². The first kappa shape index (κ1) is 16.7. The third-order valence-electron chi connectivity index (χ3n) is 3.25. The molecule has 0 saturated carbocycles. The van der Waals surface area contributed by atoms with Crippen LogP contribution >= 0.6 is 0 Å². The molecule has 3 aromatic rings. The molecule has 2 N–H and O–H groups in total. The summed E-state index contributed by atoms with van der Waals surface area (Å²) in [5.41, 5.74) is -0.592. The molecule has 3 rings (SSSR count). The van der Waals surface area contributed by atoms with Crippen LogP contribution in [0.3, 0.4) is 0 Å². The van der Waals surface area contributed by atoms with E-state index in [4.69, 9.17) is 0 Å². The van der Waals surface area contributed by atoms with Crippen LogP contribution in [-0.2, 0) is 6.18 Å². The van der Waals surface area contributed by atoms with Gasteiger partial charge in [-0.3, -0.25) is 0 Å². The van der Waals surface area contributed by atoms with Crippen LogP contribution in [0.5, 0.6) is 0 Å². The molecule has 0 amide bonds. The number of halogens is 4. The molecule has 0 aliphatic rings. The summed E-state index contributed by atoms with van der Waals surface area (Å²) in [6.45, 7) is 0. The highest BCUT2D eigenvalue weighted by Crippen LogP contribution is 2.35. The van der Waals surface area contributed by atoms with Gasteiger partial charge in [-0.25, -0.2) is 9.37 Å². The number of rotatable bonds is 4. The van der Waals surface area contributed by atoms with E-state index in [1.165, 1.54) is 18.2 Å². The van der Waals surface area contributed by atoms with Gasteiger partial charge in [-0.05, 0) is 24.3 Å². The van der Waals surface area contributed by atoms with Gasteiger partial charge in [-0.1, -0.05) is 30.3 Å².